The highest BCUT2D eigenvalue weighted by molar-refractivity contribution is 5.93. The van der Waals surface area contributed by atoms with Gasteiger partial charge in [-0.15, -0.1) is 0 Å². The summed E-state index contributed by atoms with van der Waals surface area (Å²) in [5, 5.41) is 21.5. The van der Waals surface area contributed by atoms with Crippen molar-refractivity contribution in [2.24, 2.45) is 17.3 Å². The molecule has 1 aromatic rings. The summed E-state index contributed by atoms with van der Waals surface area (Å²) >= 11 is 0. The molecule has 6 rings (SSSR count). The number of methoxy groups -OCH3 is 1. The molecule has 1 amide bonds. The largest absolute Gasteiger partial charge is 0.387 e. The molecule has 1 aliphatic heterocycles. The minimum atomic E-state index is -1.09. The number of aliphatic hydroxyl groups is 2. The fraction of sp³-hybridized carbons (Fsp3) is 0.611. The maximum Gasteiger partial charge on any atom is 0.248 e. The van der Waals surface area contributed by atoms with Crippen molar-refractivity contribution in [2.75, 3.05) is 44.8 Å². The number of allylic oxidation sites excluding steroid dienone is 4. The van der Waals surface area contributed by atoms with Gasteiger partial charge in [0.25, 0.3) is 0 Å². The van der Waals surface area contributed by atoms with E-state index in [1.807, 2.05) is 19.9 Å². The molecule has 2 N–H and O–H groups in total. The Morgan fingerprint density at radius 2 is 1.81 bits per heavy atom. The van der Waals surface area contributed by atoms with Crippen LogP contribution in [-0.2, 0) is 14.3 Å². The summed E-state index contributed by atoms with van der Waals surface area (Å²) in [6.07, 6.45) is 7.67. The molecule has 0 unspecified atom stereocenters. The van der Waals surface area contributed by atoms with Crippen LogP contribution in [0.2, 0.25) is 0 Å². The Morgan fingerprint density at radius 1 is 1.09 bits per heavy atom. The SMILES string of the molecule is COC(C)(C)C#C[C@]1(O)CC[C@H]2[C@@H]3CCC4=CC(=O)CCC4=C3[C@@H](c3ccc(N4CCN(C(=O)CO)CC4)cc3)C[C@@]21C. The summed E-state index contributed by atoms with van der Waals surface area (Å²) in [5.74, 6) is 7.49. The summed E-state index contributed by atoms with van der Waals surface area (Å²) in [6, 6.07) is 8.89. The molecule has 1 saturated heterocycles. The van der Waals surface area contributed by atoms with Crippen molar-refractivity contribution in [3.63, 3.8) is 0 Å². The van der Waals surface area contributed by atoms with E-state index in [0.717, 1.165) is 50.9 Å². The zero-order chi connectivity index (χ0) is 30.6. The monoisotopic (exact) mass is 586 g/mol. The van der Waals surface area contributed by atoms with Gasteiger partial charge in [0.05, 0.1) is 0 Å². The Kier molecular flexibility index (Phi) is 7.86. The molecule has 230 valence electrons. The Labute approximate surface area is 256 Å². The number of fused-ring (bicyclic) bond motifs is 4. The minimum absolute atomic E-state index is 0.146. The molecule has 7 nitrogen and oxygen atoms in total. The molecule has 0 spiro atoms. The Balaban J connectivity index is 1.36. The van der Waals surface area contributed by atoms with Crippen molar-refractivity contribution in [1.29, 1.82) is 0 Å². The van der Waals surface area contributed by atoms with Crippen LogP contribution in [-0.4, -0.2) is 77.9 Å². The third-order valence-corrected chi connectivity index (χ3v) is 11.4. The first kappa shape index (κ1) is 30.1. The van der Waals surface area contributed by atoms with E-state index in [-0.39, 0.29) is 23.0 Å². The molecular weight excluding hydrogens is 540 g/mol. The van der Waals surface area contributed by atoms with E-state index in [4.69, 9.17) is 4.74 Å². The van der Waals surface area contributed by atoms with Gasteiger partial charge in [-0.2, -0.15) is 0 Å². The predicted octanol–water partition coefficient (Wildman–Crippen LogP) is 4.39. The maximum absolute atomic E-state index is 12.4. The lowest BCUT2D eigenvalue weighted by Gasteiger charge is -2.53. The highest BCUT2D eigenvalue weighted by atomic mass is 16.5. The van der Waals surface area contributed by atoms with E-state index < -0.39 is 17.8 Å². The molecule has 0 bridgehead atoms. The zero-order valence-corrected chi connectivity index (χ0v) is 26.1. The molecule has 7 heteroatoms. The topological polar surface area (TPSA) is 90.3 Å². The average molecular weight is 587 g/mol. The molecular formula is C36H46N2O5. The number of carbonyl (C=O) groups is 2. The van der Waals surface area contributed by atoms with Crippen LogP contribution in [0.4, 0.5) is 5.69 Å². The van der Waals surface area contributed by atoms with Crippen LogP contribution >= 0.6 is 0 Å². The van der Waals surface area contributed by atoms with Crippen LogP contribution in [0.25, 0.3) is 0 Å². The predicted molar refractivity (Wildman–Crippen MR) is 166 cm³/mol. The summed E-state index contributed by atoms with van der Waals surface area (Å²) in [5.41, 5.74) is 4.43. The van der Waals surface area contributed by atoms with Gasteiger partial charge in [-0.3, -0.25) is 9.59 Å². The highest BCUT2D eigenvalue weighted by Gasteiger charge is 2.62. The maximum atomic E-state index is 12.4. The number of rotatable bonds is 4. The highest BCUT2D eigenvalue weighted by Crippen LogP contribution is 2.66. The van der Waals surface area contributed by atoms with Crippen molar-refractivity contribution >= 4 is 17.4 Å². The van der Waals surface area contributed by atoms with Crippen molar-refractivity contribution in [3.05, 3.63) is 52.6 Å². The number of hydrogen-bond acceptors (Lipinski definition) is 6. The number of amides is 1. The lowest BCUT2D eigenvalue weighted by Crippen LogP contribution is -2.51. The number of piperazine rings is 1. The standard InChI is InChI=1S/C36H46N2O5/c1-34(2,43-4)15-16-36(42)14-13-31-29-11-7-25-21-27(40)10-12-28(25)33(29)30(22-35(31,36)3)24-5-8-26(9-6-24)37-17-19-38(20-18-37)32(41)23-39/h5-6,8-9,21,29-31,39,42H,7,10-14,17-20,22-23H2,1-4H3/t29-,30+,31-,35-,36+/m0/s1. The number of benzene rings is 1. The minimum Gasteiger partial charge on any atom is -0.387 e. The Hall–Kier alpha value is -2.92. The van der Waals surface area contributed by atoms with Crippen LogP contribution in [0.1, 0.15) is 77.2 Å². The van der Waals surface area contributed by atoms with Gasteiger partial charge in [-0.1, -0.05) is 36.5 Å². The summed E-state index contributed by atoms with van der Waals surface area (Å²) < 4.78 is 5.58. The summed E-state index contributed by atoms with van der Waals surface area (Å²) in [4.78, 5) is 28.3. The fourth-order valence-electron chi connectivity index (χ4n) is 8.71. The van der Waals surface area contributed by atoms with Crippen LogP contribution in [0.15, 0.2) is 47.1 Å². The molecule has 3 fully saturated rings. The molecule has 4 aliphatic carbocycles. The van der Waals surface area contributed by atoms with Crippen LogP contribution < -0.4 is 4.90 Å². The van der Waals surface area contributed by atoms with E-state index >= 15 is 0 Å². The molecule has 1 aromatic carbocycles. The van der Waals surface area contributed by atoms with E-state index in [2.05, 4.69) is 47.9 Å². The molecule has 5 atom stereocenters. The van der Waals surface area contributed by atoms with Crippen molar-refractivity contribution < 1.29 is 24.5 Å². The summed E-state index contributed by atoms with van der Waals surface area (Å²) in [6.45, 7) is 8.39. The van der Waals surface area contributed by atoms with Crippen molar-refractivity contribution in [3.8, 4) is 11.8 Å². The van der Waals surface area contributed by atoms with Crippen LogP contribution in [0, 0.1) is 29.1 Å². The fourth-order valence-corrected chi connectivity index (χ4v) is 8.71. The normalized spacial score (nSPS) is 32.4. The second-order valence-electron chi connectivity index (χ2n) is 14.0. The number of anilines is 1. The number of ketones is 1. The molecule has 5 aliphatic rings. The van der Waals surface area contributed by atoms with E-state index in [9.17, 15) is 19.8 Å². The third-order valence-electron chi connectivity index (χ3n) is 11.4. The zero-order valence-electron chi connectivity index (χ0n) is 26.1. The second-order valence-corrected chi connectivity index (χ2v) is 14.0. The number of hydrogen-bond donors (Lipinski definition) is 2. The van der Waals surface area contributed by atoms with E-state index in [0.29, 0.717) is 37.8 Å². The van der Waals surface area contributed by atoms with Gasteiger partial charge in [0, 0.05) is 56.7 Å². The van der Waals surface area contributed by atoms with Gasteiger partial charge in [-0.05, 0) is 99.1 Å². The Morgan fingerprint density at radius 3 is 2.49 bits per heavy atom. The first-order chi connectivity index (χ1) is 20.5. The second kappa shape index (κ2) is 11.2. The van der Waals surface area contributed by atoms with E-state index in [1.54, 1.807) is 12.0 Å². The number of aliphatic hydroxyl groups excluding tert-OH is 1. The van der Waals surface area contributed by atoms with Gasteiger partial charge < -0.3 is 24.7 Å². The van der Waals surface area contributed by atoms with Crippen LogP contribution in [0.3, 0.4) is 0 Å². The molecule has 1 heterocycles. The van der Waals surface area contributed by atoms with Gasteiger partial charge >= 0.3 is 0 Å². The molecule has 2 saturated carbocycles. The van der Waals surface area contributed by atoms with Crippen LogP contribution in [0.5, 0.6) is 0 Å². The summed E-state index contributed by atoms with van der Waals surface area (Å²) in [7, 11) is 1.66. The average Bonchev–Trinajstić information content (AvgIpc) is 3.29. The van der Waals surface area contributed by atoms with Crippen molar-refractivity contribution in [1.82, 2.24) is 4.90 Å². The smallest absolute Gasteiger partial charge is 0.248 e. The molecule has 0 radical (unpaired) electrons. The van der Waals surface area contributed by atoms with Gasteiger partial charge in [0.2, 0.25) is 5.91 Å². The number of nitrogens with zero attached hydrogens (tertiary/aromatic N) is 2. The van der Waals surface area contributed by atoms with Crippen molar-refractivity contribution in [2.45, 2.75) is 82.8 Å². The van der Waals surface area contributed by atoms with Gasteiger partial charge in [0.1, 0.15) is 17.8 Å². The lowest BCUT2D eigenvalue weighted by molar-refractivity contribution is -0.134. The Bertz CT molecular complexity index is 1410. The lowest BCUT2D eigenvalue weighted by atomic mass is 9.51. The van der Waals surface area contributed by atoms with Gasteiger partial charge in [-0.25, -0.2) is 0 Å². The first-order valence-corrected chi connectivity index (χ1v) is 16.0. The molecule has 43 heavy (non-hydrogen) atoms. The number of carbonyl (C=O) groups excluding carboxylic acids is 2. The number of ether oxygens (including phenoxy) is 1. The molecule has 0 aromatic heterocycles. The van der Waals surface area contributed by atoms with Gasteiger partial charge in [0.15, 0.2) is 5.78 Å². The third kappa shape index (κ3) is 5.26. The van der Waals surface area contributed by atoms with E-state index in [1.165, 1.54) is 22.3 Å². The quantitative estimate of drug-likeness (QED) is 0.509. The first-order valence-electron chi connectivity index (χ1n) is 16.0.